The van der Waals surface area contributed by atoms with Gasteiger partial charge in [-0.1, -0.05) is 12.1 Å². The number of nitrogens with two attached hydrogens (primary N) is 1. The monoisotopic (exact) mass is 239 g/mol. The molecule has 0 atom stereocenters. The van der Waals surface area contributed by atoms with Crippen LogP contribution in [-0.2, 0) is 6.54 Å². The van der Waals surface area contributed by atoms with Crippen molar-refractivity contribution in [3.05, 3.63) is 47.8 Å². The van der Waals surface area contributed by atoms with Gasteiger partial charge in [-0.3, -0.25) is 4.98 Å². The van der Waals surface area contributed by atoms with Gasteiger partial charge in [-0.25, -0.2) is 4.98 Å². The van der Waals surface area contributed by atoms with Crippen LogP contribution in [0.15, 0.2) is 40.9 Å². The average Bonchev–Trinajstić information content (AvgIpc) is 2.84. The molecule has 0 aliphatic rings. The molecule has 0 spiro atoms. The number of aryl methyl sites for hydroxylation is 1. The summed E-state index contributed by atoms with van der Waals surface area (Å²) in [6.07, 6.45) is 1.72. The molecular formula is C14H13N3O. The maximum Gasteiger partial charge on any atom is 0.227 e. The second-order valence-electron chi connectivity index (χ2n) is 4.18. The first-order valence-corrected chi connectivity index (χ1v) is 5.79. The summed E-state index contributed by atoms with van der Waals surface area (Å²) in [4.78, 5) is 8.64. The molecular weight excluding hydrogens is 226 g/mol. The normalized spacial score (nSPS) is 11.0. The SMILES string of the molecule is Cc1cccc2nc(-c3ccnc(CN)c3)oc12. The Balaban J connectivity index is 2.16. The summed E-state index contributed by atoms with van der Waals surface area (Å²) < 4.78 is 5.80. The van der Waals surface area contributed by atoms with E-state index in [0.717, 1.165) is 27.9 Å². The molecule has 2 N–H and O–H groups in total. The van der Waals surface area contributed by atoms with Crippen LogP contribution in [-0.4, -0.2) is 9.97 Å². The highest BCUT2D eigenvalue weighted by molar-refractivity contribution is 5.79. The van der Waals surface area contributed by atoms with Crippen molar-refractivity contribution in [1.82, 2.24) is 9.97 Å². The maximum atomic E-state index is 5.80. The fourth-order valence-corrected chi connectivity index (χ4v) is 1.93. The van der Waals surface area contributed by atoms with Crippen molar-refractivity contribution in [1.29, 1.82) is 0 Å². The number of nitrogens with zero attached hydrogens (tertiary/aromatic N) is 2. The van der Waals surface area contributed by atoms with Gasteiger partial charge < -0.3 is 10.2 Å². The highest BCUT2D eigenvalue weighted by atomic mass is 16.3. The van der Waals surface area contributed by atoms with E-state index >= 15 is 0 Å². The van der Waals surface area contributed by atoms with E-state index in [2.05, 4.69) is 9.97 Å². The maximum absolute atomic E-state index is 5.80. The molecule has 4 heteroatoms. The topological polar surface area (TPSA) is 64.9 Å². The lowest BCUT2D eigenvalue weighted by molar-refractivity contribution is 0.617. The smallest absolute Gasteiger partial charge is 0.227 e. The van der Waals surface area contributed by atoms with Gasteiger partial charge in [-0.2, -0.15) is 0 Å². The van der Waals surface area contributed by atoms with Crippen LogP contribution in [0.1, 0.15) is 11.3 Å². The minimum Gasteiger partial charge on any atom is -0.436 e. The van der Waals surface area contributed by atoms with Crippen LogP contribution in [0, 0.1) is 6.92 Å². The Morgan fingerprint density at radius 2 is 2.17 bits per heavy atom. The average molecular weight is 239 g/mol. The number of rotatable bonds is 2. The van der Waals surface area contributed by atoms with Crippen molar-refractivity contribution >= 4 is 11.1 Å². The number of aromatic nitrogens is 2. The minimum atomic E-state index is 0.410. The van der Waals surface area contributed by atoms with Gasteiger partial charge in [0, 0.05) is 18.3 Å². The Labute approximate surface area is 104 Å². The van der Waals surface area contributed by atoms with E-state index in [4.69, 9.17) is 10.2 Å². The van der Waals surface area contributed by atoms with Crippen molar-refractivity contribution in [3.63, 3.8) is 0 Å². The van der Waals surface area contributed by atoms with Crippen LogP contribution in [0.4, 0.5) is 0 Å². The van der Waals surface area contributed by atoms with Crippen molar-refractivity contribution in [3.8, 4) is 11.5 Å². The third-order valence-electron chi connectivity index (χ3n) is 2.88. The molecule has 0 amide bonds. The quantitative estimate of drug-likeness (QED) is 0.746. The van der Waals surface area contributed by atoms with E-state index in [-0.39, 0.29) is 0 Å². The van der Waals surface area contributed by atoms with Crippen LogP contribution in [0.2, 0.25) is 0 Å². The van der Waals surface area contributed by atoms with Gasteiger partial charge >= 0.3 is 0 Å². The summed E-state index contributed by atoms with van der Waals surface area (Å²) in [5, 5.41) is 0. The van der Waals surface area contributed by atoms with Gasteiger partial charge in [0.15, 0.2) is 5.58 Å². The first kappa shape index (κ1) is 10.9. The first-order chi connectivity index (χ1) is 8.78. The number of benzene rings is 1. The van der Waals surface area contributed by atoms with Gasteiger partial charge in [0.05, 0.1) is 5.69 Å². The molecule has 2 aromatic heterocycles. The fraction of sp³-hybridized carbons (Fsp3) is 0.143. The van der Waals surface area contributed by atoms with E-state index in [9.17, 15) is 0 Å². The van der Waals surface area contributed by atoms with Crippen LogP contribution in [0.25, 0.3) is 22.6 Å². The van der Waals surface area contributed by atoms with Crippen molar-refractivity contribution < 1.29 is 4.42 Å². The molecule has 0 saturated carbocycles. The van der Waals surface area contributed by atoms with Crippen LogP contribution in [0.3, 0.4) is 0 Å². The lowest BCUT2D eigenvalue weighted by atomic mass is 10.2. The predicted octanol–water partition coefficient (Wildman–Crippen LogP) is 2.66. The summed E-state index contributed by atoms with van der Waals surface area (Å²) in [5.41, 5.74) is 10.1. The summed E-state index contributed by atoms with van der Waals surface area (Å²) in [6.45, 7) is 2.42. The Kier molecular flexibility index (Phi) is 2.57. The van der Waals surface area contributed by atoms with Crippen molar-refractivity contribution in [2.24, 2.45) is 5.73 Å². The standard InChI is InChI=1S/C14H13N3O/c1-9-3-2-4-12-13(9)18-14(17-12)10-5-6-16-11(7-10)8-15/h2-7H,8,15H2,1H3. The summed E-state index contributed by atoms with van der Waals surface area (Å²) >= 11 is 0. The second kappa shape index (κ2) is 4.23. The molecule has 18 heavy (non-hydrogen) atoms. The number of hydrogen-bond acceptors (Lipinski definition) is 4. The largest absolute Gasteiger partial charge is 0.436 e. The molecule has 0 radical (unpaired) electrons. The zero-order valence-corrected chi connectivity index (χ0v) is 10.1. The number of fused-ring (bicyclic) bond motifs is 1. The molecule has 3 rings (SSSR count). The Bertz CT molecular complexity index is 703. The van der Waals surface area contributed by atoms with E-state index in [1.165, 1.54) is 0 Å². The third kappa shape index (κ3) is 1.76. The number of hydrogen-bond donors (Lipinski definition) is 1. The lowest BCUT2D eigenvalue weighted by Gasteiger charge is -1.98. The van der Waals surface area contributed by atoms with Crippen molar-refractivity contribution in [2.45, 2.75) is 13.5 Å². The Morgan fingerprint density at radius 3 is 2.94 bits per heavy atom. The number of pyridine rings is 1. The van der Waals surface area contributed by atoms with Gasteiger partial charge in [0.1, 0.15) is 5.52 Å². The molecule has 0 bridgehead atoms. The zero-order valence-electron chi connectivity index (χ0n) is 10.1. The predicted molar refractivity (Wildman–Crippen MR) is 69.9 cm³/mol. The first-order valence-electron chi connectivity index (χ1n) is 5.79. The van der Waals surface area contributed by atoms with Gasteiger partial charge in [0.2, 0.25) is 5.89 Å². The zero-order chi connectivity index (χ0) is 12.5. The second-order valence-corrected chi connectivity index (χ2v) is 4.18. The number of para-hydroxylation sites is 1. The lowest BCUT2D eigenvalue weighted by Crippen LogP contribution is -1.98. The molecule has 0 aliphatic heterocycles. The Morgan fingerprint density at radius 1 is 1.28 bits per heavy atom. The molecule has 90 valence electrons. The molecule has 3 aromatic rings. The van der Waals surface area contributed by atoms with E-state index in [0.29, 0.717) is 12.4 Å². The fourth-order valence-electron chi connectivity index (χ4n) is 1.93. The highest BCUT2D eigenvalue weighted by Gasteiger charge is 2.10. The summed E-state index contributed by atoms with van der Waals surface area (Å²) in [6, 6.07) is 9.70. The van der Waals surface area contributed by atoms with Gasteiger partial charge in [0.25, 0.3) is 0 Å². The third-order valence-corrected chi connectivity index (χ3v) is 2.88. The summed E-state index contributed by atoms with van der Waals surface area (Å²) in [7, 11) is 0. The number of oxazole rings is 1. The van der Waals surface area contributed by atoms with Crippen LogP contribution >= 0.6 is 0 Å². The van der Waals surface area contributed by atoms with Crippen molar-refractivity contribution in [2.75, 3.05) is 0 Å². The van der Waals surface area contributed by atoms with E-state index < -0.39 is 0 Å². The highest BCUT2D eigenvalue weighted by Crippen LogP contribution is 2.26. The van der Waals surface area contributed by atoms with Gasteiger partial charge in [-0.05, 0) is 30.7 Å². The molecule has 0 aliphatic carbocycles. The minimum absolute atomic E-state index is 0.410. The molecule has 4 nitrogen and oxygen atoms in total. The van der Waals surface area contributed by atoms with Crippen LogP contribution < -0.4 is 5.73 Å². The molecule has 2 heterocycles. The van der Waals surface area contributed by atoms with Gasteiger partial charge in [-0.15, -0.1) is 0 Å². The molecule has 0 saturated heterocycles. The Hall–Kier alpha value is -2.20. The molecule has 0 fully saturated rings. The molecule has 0 unspecified atom stereocenters. The molecule has 1 aromatic carbocycles. The van der Waals surface area contributed by atoms with E-state index in [1.54, 1.807) is 6.20 Å². The van der Waals surface area contributed by atoms with Crippen LogP contribution in [0.5, 0.6) is 0 Å². The van der Waals surface area contributed by atoms with E-state index in [1.807, 2.05) is 37.3 Å². The summed E-state index contributed by atoms with van der Waals surface area (Å²) in [5.74, 6) is 0.608.